The smallest absolute Gasteiger partial charge is 0.291 e. The van der Waals surface area contributed by atoms with Crippen LogP contribution in [0.15, 0.2) is 34.7 Å². The van der Waals surface area contributed by atoms with Gasteiger partial charge in [0.2, 0.25) is 0 Å². The van der Waals surface area contributed by atoms with Gasteiger partial charge in [0.25, 0.3) is 5.91 Å². The highest BCUT2D eigenvalue weighted by atomic mass is 35.5. The Morgan fingerprint density at radius 2 is 2.00 bits per heavy atom. The Bertz CT molecular complexity index is 655. The summed E-state index contributed by atoms with van der Waals surface area (Å²) in [6.45, 7) is 0. The lowest BCUT2D eigenvalue weighted by Gasteiger charge is -2.07. The molecule has 0 unspecified atom stereocenters. The maximum Gasteiger partial charge on any atom is 0.291 e. The van der Waals surface area contributed by atoms with E-state index in [0.29, 0.717) is 16.3 Å². The van der Waals surface area contributed by atoms with Crippen LogP contribution in [0, 0.1) is 0 Å². The van der Waals surface area contributed by atoms with Crippen molar-refractivity contribution in [2.75, 3.05) is 5.32 Å². The van der Waals surface area contributed by atoms with E-state index in [-0.39, 0.29) is 16.0 Å². The number of halogens is 2. The van der Waals surface area contributed by atoms with E-state index < -0.39 is 5.91 Å². The number of carbonyl (C=O) groups excluding carboxylic acids is 1. The summed E-state index contributed by atoms with van der Waals surface area (Å²) in [5, 5.41) is 3.07. The zero-order chi connectivity index (χ0) is 14.0. The zero-order valence-electron chi connectivity index (χ0n) is 9.44. The van der Waals surface area contributed by atoms with Gasteiger partial charge in [0.05, 0.1) is 10.7 Å². The molecule has 0 bridgehead atoms. The summed E-state index contributed by atoms with van der Waals surface area (Å²) in [4.78, 5) is 12.1. The van der Waals surface area contributed by atoms with Gasteiger partial charge < -0.3 is 15.5 Å². The quantitative estimate of drug-likeness (QED) is 0.851. The van der Waals surface area contributed by atoms with Crippen molar-refractivity contribution in [3.8, 4) is 0 Å². The zero-order valence-corrected chi connectivity index (χ0v) is 11.8. The van der Waals surface area contributed by atoms with Crippen LogP contribution >= 0.6 is 35.4 Å². The van der Waals surface area contributed by atoms with Crippen LogP contribution in [0.1, 0.15) is 16.1 Å². The van der Waals surface area contributed by atoms with Crippen LogP contribution in [0.5, 0.6) is 0 Å². The third-order valence-electron chi connectivity index (χ3n) is 2.30. The van der Waals surface area contributed by atoms with E-state index in [9.17, 15) is 4.79 Å². The molecule has 7 heteroatoms. The Morgan fingerprint density at radius 1 is 1.26 bits per heavy atom. The van der Waals surface area contributed by atoms with Crippen LogP contribution in [0.3, 0.4) is 0 Å². The molecule has 3 N–H and O–H groups in total. The largest absolute Gasteiger partial charge is 0.440 e. The Morgan fingerprint density at radius 3 is 2.53 bits per heavy atom. The molecule has 4 nitrogen and oxygen atoms in total. The van der Waals surface area contributed by atoms with Gasteiger partial charge in [-0.1, -0.05) is 23.8 Å². The maximum atomic E-state index is 11.8. The van der Waals surface area contributed by atoms with Crippen molar-refractivity contribution in [1.29, 1.82) is 0 Å². The van der Waals surface area contributed by atoms with Gasteiger partial charge in [-0.2, -0.15) is 0 Å². The number of carbonyl (C=O) groups is 1. The molecule has 0 spiro atoms. The lowest BCUT2D eigenvalue weighted by Crippen LogP contribution is -2.13. The number of hydrogen-bond acceptors (Lipinski definition) is 3. The van der Waals surface area contributed by atoms with Gasteiger partial charge in [0.15, 0.2) is 11.0 Å². The molecule has 98 valence electrons. The lowest BCUT2D eigenvalue weighted by molar-refractivity contribution is 0.0997. The Hall–Kier alpha value is -1.56. The van der Waals surface area contributed by atoms with Crippen molar-refractivity contribution >= 4 is 52.0 Å². The normalized spacial score (nSPS) is 10.2. The Labute approximate surface area is 124 Å². The van der Waals surface area contributed by atoms with E-state index in [1.165, 1.54) is 12.1 Å². The molecule has 1 amide bonds. The molecule has 0 radical (unpaired) electrons. The number of anilines is 1. The summed E-state index contributed by atoms with van der Waals surface area (Å²) in [7, 11) is 0. The molecule has 0 aliphatic heterocycles. The molecule has 19 heavy (non-hydrogen) atoms. The first kappa shape index (κ1) is 13.9. The average molecular weight is 315 g/mol. The molecule has 0 aliphatic carbocycles. The molecule has 0 fully saturated rings. The maximum absolute atomic E-state index is 11.8. The van der Waals surface area contributed by atoms with E-state index in [1.807, 2.05) is 0 Å². The van der Waals surface area contributed by atoms with Gasteiger partial charge in [-0.3, -0.25) is 4.79 Å². The summed E-state index contributed by atoms with van der Waals surface area (Å²) in [5.41, 5.74) is 6.54. The number of benzene rings is 1. The van der Waals surface area contributed by atoms with Crippen LogP contribution in [-0.4, -0.2) is 10.9 Å². The van der Waals surface area contributed by atoms with Crippen molar-refractivity contribution in [2.45, 2.75) is 0 Å². The molecule has 1 aromatic carbocycles. The highest BCUT2D eigenvalue weighted by molar-refractivity contribution is 7.80. The van der Waals surface area contributed by atoms with Gasteiger partial charge in [0.1, 0.15) is 4.99 Å². The standard InChI is InChI=1S/C12H8Cl2N2O2S/c13-7-5-6(11(15)19)1-2-8(7)16-12(17)9-3-4-10(14)18-9/h1-5H,(H2,15,19)(H,16,17). The average Bonchev–Trinajstić information content (AvgIpc) is 2.78. The number of thiocarbonyl (C=S) groups is 1. The van der Waals surface area contributed by atoms with Crippen LogP contribution in [0.2, 0.25) is 10.2 Å². The number of rotatable bonds is 3. The monoisotopic (exact) mass is 314 g/mol. The summed E-state index contributed by atoms with van der Waals surface area (Å²) >= 11 is 16.5. The number of amides is 1. The molecule has 0 saturated heterocycles. The lowest BCUT2D eigenvalue weighted by atomic mass is 10.2. The summed E-state index contributed by atoms with van der Waals surface area (Å²) in [6, 6.07) is 7.80. The second kappa shape index (κ2) is 5.61. The molecule has 0 saturated carbocycles. The molecular formula is C12H8Cl2N2O2S. The minimum absolute atomic E-state index is 0.0967. The minimum atomic E-state index is -0.447. The Balaban J connectivity index is 2.20. The van der Waals surface area contributed by atoms with Gasteiger partial charge in [-0.05, 0) is 41.9 Å². The van der Waals surface area contributed by atoms with E-state index >= 15 is 0 Å². The SMILES string of the molecule is NC(=S)c1ccc(NC(=O)c2ccc(Cl)o2)c(Cl)c1. The van der Waals surface area contributed by atoms with Crippen molar-refractivity contribution in [1.82, 2.24) is 0 Å². The molecule has 1 aromatic heterocycles. The second-order valence-corrected chi connectivity index (χ2v) is 4.84. The predicted molar refractivity (Wildman–Crippen MR) is 79.0 cm³/mol. The molecular weight excluding hydrogens is 307 g/mol. The van der Waals surface area contributed by atoms with Crippen molar-refractivity contribution in [3.05, 3.63) is 51.9 Å². The van der Waals surface area contributed by atoms with Crippen molar-refractivity contribution < 1.29 is 9.21 Å². The van der Waals surface area contributed by atoms with E-state index in [0.717, 1.165) is 0 Å². The van der Waals surface area contributed by atoms with Crippen LogP contribution in [0.25, 0.3) is 0 Å². The topological polar surface area (TPSA) is 68.3 Å². The molecule has 0 atom stereocenters. The summed E-state index contributed by atoms with van der Waals surface area (Å²) < 4.78 is 4.99. The first-order chi connectivity index (χ1) is 8.97. The Kier molecular flexibility index (Phi) is 4.09. The van der Waals surface area contributed by atoms with Gasteiger partial charge in [-0.25, -0.2) is 0 Å². The van der Waals surface area contributed by atoms with Crippen molar-refractivity contribution in [2.24, 2.45) is 5.73 Å². The predicted octanol–water partition coefficient (Wildman–Crippen LogP) is 3.47. The third-order valence-corrected chi connectivity index (χ3v) is 3.05. The fourth-order valence-electron chi connectivity index (χ4n) is 1.39. The van der Waals surface area contributed by atoms with Crippen LogP contribution in [-0.2, 0) is 0 Å². The number of nitrogens with two attached hydrogens (primary N) is 1. The van der Waals surface area contributed by atoms with E-state index in [1.54, 1.807) is 18.2 Å². The second-order valence-electron chi connectivity index (χ2n) is 3.62. The first-order valence-corrected chi connectivity index (χ1v) is 6.30. The highest BCUT2D eigenvalue weighted by Crippen LogP contribution is 2.24. The molecule has 2 aromatic rings. The molecule has 2 rings (SSSR count). The van der Waals surface area contributed by atoms with Crippen LogP contribution in [0.4, 0.5) is 5.69 Å². The van der Waals surface area contributed by atoms with E-state index in [4.69, 9.17) is 45.6 Å². The minimum Gasteiger partial charge on any atom is -0.440 e. The number of furan rings is 1. The van der Waals surface area contributed by atoms with E-state index in [2.05, 4.69) is 5.32 Å². The highest BCUT2D eigenvalue weighted by Gasteiger charge is 2.13. The first-order valence-electron chi connectivity index (χ1n) is 5.13. The molecule has 0 aliphatic rings. The van der Waals surface area contributed by atoms with Gasteiger partial charge in [-0.15, -0.1) is 0 Å². The van der Waals surface area contributed by atoms with Crippen molar-refractivity contribution in [3.63, 3.8) is 0 Å². The number of hydrogen-bond donors (Lipinski definition) is 2. The summed E-state index contributed by atoms with van der Waals surface area (Å²) in [6.07, 6.45) is 0. The van der Waals surface area contributed by atoms with Gasteiger partial charge >= 0.3 is 0 Å². The fraction of sp³-hybridized carbons (Fsp3) is 0. The third kappa shape index (κ3) is 3.26. The van der Waals surface area contributed by atoms with Gasteiger partial charge in [0, 0.05) is 5.56 Å². The number of nitrogens with one attached hydrogen (secondary N) is 1. The molecule has 1 heterocycles. The fourth-order valence-corrected chi connectivity index (χ4v) is 1.89. The summed E-state index contributed by atoms with van der Waals surface area (Å²) in [5.74, 6) is -0.351. The van der Waals surface area contributed by atoms with Crippen LogP contribution < -0.4 is 11.1 Å².